The molecule has 0 spiro atoms. The van der Waals surface area contributed by atoms with Gasteiger partial charge in [0.2, 0.25) is 0 Å². The molecule has 3 heteroatoms. The smallest absolute Gasteiger partial charge is 0.0348 e. The quantitative estimate of drug-likeness (QED) is 0.747. The molecular weight excluding hydrogens is 198 g/mol. The van der Waals surface area contributed by atoms with Crippen molar-refractivity contribution in [2.24, 2.45) is 0 Å². The van der Waals surface area contributed by atoms with Crippen LogP contribution in [-0.2, 0) is 0 Å². The summed E-state index contributed by atoms with van der Waals surface area (Å²) >= 11 is 0. The highest BCUT2D eigenvalue weighted by Gasteiger charge is 2.38. The van der Waals surface area contributed by atoms with Gasteiger partial charge in [-0.1, -0.05) is 6.92 Å². The number of hydrogen-bond donors (Lipinski definition) is 1. The average Bonchev–Trinajstić information content (AvgIpc) is 2.94. The molecule has 0 aromatic carbocycles. The van der Waals surface area contributed by atoms with Crippen molar-refractivity contribution < 1.29 is 0 Å². The fraction of sp³-hybridized carbons (Fsp3) is 1.00. The summed E-state index contributed by atoms with van der Waals surface area (Å²) in [6.07, 6.45) is 5.64. The van der Waals surface area contributed by atoms with Gasteiger partial charge >= 0.3 is 0 Å². The summed E-state index contributed by atoms with van der Waals surface area (Å²) in [6, 6.07) is 2.66. The van der Waals surface area contributed by atoms with Gasteiger partial charge in [0.1, 0.15) is 0 Å². The average molecular weight is 223 g/mol. The molecule has 0 aromatic rings. The van der Waals surface area contributed by atoms with Crippen molar-refractivity contribution in [1.29, 1.82) is 0 Å². The van der Waals surface area contributed by atoms with Crippen molar-refractivity contribution in [3.05, 3.63) is 0 Å². The summed E-state index contributed by atoms with van der Waals surface area (Å²) in [6.45, 7) is 8.76. The molecular formula is C13H25N3. The molecule has 3 nitrogen and oxygen atoms in total. The predicted octanol–water partition coefficient (Wildman–Crippen LogP) is 0.907. The minimum absolute atomic E-state index is 0.837. The van der Waals surface area contributed by atoms with Crippen LogP contribution < -0.4 is 5.32 Å². The van der Waals surface area contributed by atoms with E-state index < -0.39 is 0 Å². The maximum atomic E-state index is 3.41. The van der Waals surface area contributed by atoms with Crippen LogP contribution in [0.15, 0.2) is 0 Å². The van der Waals surface area contributed by atoms with E-state index in [1.807, 2.05) is 0 Å². The maximum absolute atomic E-state index is 3.41. The minimum Gasteiger partial charge on any atom is -0.314 e. The van der Waals surface area contributed by atoms with E-state index in [1.54, 1.807) is 0 Å². The highest BCUT2D eigenvalue weighted by molar-refractivity contribution is 4.96. The van der Waals surface area contributed by atoms with Crippen molar-refractivity contribution in [3.8, 4) is 0 Å². The minimum atomic E-state index is 0.837. The molecule has 0 aromatic heterocycles. The molecule has 2 saturated heterocycles. The monoisotopic (exact) mass is 223 g/mol. The molecule has 2 aliphatic heterocycles. The lowest BCUT2D eigenvalue weighted by molar-refractivity contribution is 0.0961. The standard InChI is InChI=1S/C13H25N3/c1-2-6-16(13-8-14-9-13)12-5-7-15(10-12)11-3-4-11/h11-14H,2-10H2,1H3. The van der Waals surface area contributed by atoms with Crippen LogP contribution in [-0.4, -0.2) is 60.6 Å². The summed E-state index contributed by atoms with van der Waals surface area (Å²) in [5.74, 6) is 0. The van der Waals surface area contributed by atoms with Gasteiger partial charge in [-0.2, -0.15) is 0 Å². The number of hydrogen-bond acceptors (Lipinski definition) is 3. The Morgan fingerprint density at radius 2 is 2.00 bits per heavy atom. The Balaban J connectivity index is 1.56. The normalized spacial score (nSPS) is 32.2. The lowest BCUT2D eigenvalue weighted by Gasteiger charge is -2.41. The van der Waals surface area contributed by atoms with Crippen LogP contribution in [0.3, 0.4) is 0 Å². The lowest BCUT2D eigenvalue weighted by atomic mass is 10.1. The Bertz CT molecular complexity index is 235. The Hall–Kier alpha value is -0.120. The van der Waals surface area contributed by atoms with Crippen LogP contribution >= 0.6 is 0 Å². The van der Waals surface area contributed by atoms with E-state index in [1.165, 1.54) is 58.4 Å². The molecule has 1 unspecified atom stereocenters. The van der Waals surface area contributed by atoms with Gasteiger partial charge in [0, 0.05) is 44.3 Å². The molecule has 16 heavy (non-hydrogen) atoms. The van der Waals surface area contributed by atoms with Crippen LogP contribution in [0.2, 0.25) is 0 Å². The third-order valence-corrected chi connectivity index (χ3v) is 4.44. The first-order valence-corrected chi connectivity index (χ1v) is 7.09. The summed E-state index contributed by atoms with van der Waals surface area (Å²) in [5, 5.41) is 3.41. The second-order valence-corrected chi connectivity index (χ2v) is 5.72. The van der Waals surface area contributed by atoms with Gasteiger partial charge in [-0.05, 0) is 32.2 Å². The van der Waals surface area contributed by atoms with Crippen molar-refractivity contribution in [3.63, 3.8) is 0 Å². The number of nitrogens with zero attached hydrogens (tertiary/aromatic N) is 2. The third kappa shape index (κ3) is 2.13. The van der Waals surface area contributed by atoms with Crippen molar-refractivity contribution in [2.75, 3.05) is 32.7 Å². The first-order valence-electron chi connectivity index (χ1n) is 7.09. The third-order valence-electron chi connectivity index (χ3n) is 4.44. The highest BCUT2D eigenvalue weighted by atomic mass is 15.3. The van der Waals surface area contributed by atoms with Crippen LogP contribution in [0.4, 0.5) is 0 Å². The predicted molar refractivity (Wildman–Crippen MR) is 66.7 cm³/mol. The van der Waals surface area contributed by atoms with Crippen molar-refractivity contribution in [1.82, 2.24) is 15.1 Å². The fourth-order valence-corrected chi connectivity index (χ4v) is 3.24. The second-order valence-electron chi connectivity index (χ2n) is 5.72. The zero-order chi connectivity index (χ0) is 11.0. The van der Waals surface area contributed by atoms with E-state index in [4.69, 9.17) is 0 Å². The molecule has 0 amide bonds. The van der Waals surface area contributed by atoms with E-state index in [0.29, 0.717) is 0 Å². The fourth-order valence-electron chi connectivity index (χ4n) is 3.24. The Morgan fingerprint density at radius 1 is 1.19 bits per heavy atom. The molecule has 2 heterocycles. The summed E-state index contributed by atoms with van der Waals surface area (Å²) in [5.41, 5.74) is 0. The van der Waals surface area contributed by atoms with Gasteiger partial charge in [0.05, 0.1) is 0 Å². The van der Waals surface area contributed by atoms with Crippen molar-refractivity contribution >= 4 is 0 Å². The number of nitrogens with one attached hydrogen (secondary N) is 1. The Morgan fingerprint density at radius 3 is 2.56 bits per heavy atom. The zero-order valence-corrected chi connectivity index (χ0v) is 10.5. The second kappa shape index (κ2) is 4.63. The van der Waals surface area contributed by atoms with Gasteiger partial charge in [-0.25, -0.2) is 0 Å². The SMILES string of the molecule is CCCN(C1CNC1)C1CCN(C2CC2)C1. The Labute approximate surface area is 99.2 Å². The van der Waals surface area contributed by atoms with Gasteiger partial charge < -0.3 is 5.32 Å². The first kappa shape index (κ1) is 11.0. The first-order chi connectivity index (χ1) is 7.88. The molecule has 3 rings (SSSR count). The van der Waals surface area contributed by atoms with Crippen LogP contribution in [0.25, 0.3) is 0 Å². The van der Waals surface area contributed by atoms with Gasteiger partial charge in [0.25, 0.3) is 0 Å². The molecule has 0 bridgehead atoms. The number of likely N-dealkylation sites (tertiary alicyclic amines) is 1. The van der Waals surface area contributed by atoms with E-state index in [0.717, 1.165) is 18.1 Å². The van der Waals surface area contributed by atoms with Gasteiger partial charge in [0.15, 0.2) is 0 Å². The maximum Gasteiger partial charge on any atom is 0.0348 e. The summed E-state index contributed by atoms with van der Waals surface area (Å²) in [7, 11) is 0. The molecule has 1 N–H and O–H groups in total. The van der Waals surface area contributed by atoms with E-state index in [9.17, 15) is 0 Å². The molecule has 1 saturated carbocycles. The molecule has 3 aliphatic rings. The van der Waals surface area contributed by atoms with E-state index in [-0.39, 0.29) is 0 Å². The van der Waals surface area contributed by atoms with Gasteiger partial charge in [-0.3, -0.25) is 9.80 Å². The molecule has 1 aliphatic carbocycles. The van der Waals surface area contributed by atoms with E-state index >= 15 is 0 Å². The Kier molecular flexibility index (Phi) is 3.18. The van der Waals surface area contributed by atoms with Crippen molar-refractivity contribution in [2.45, 2.75) is 50.7 Å². The van der Waals surface area contributed by atoms with Crippen LogP contribution in [0, 0.1) is 0 Å². The topological polar surface area (TPSA) is 18.5 Å². The molecule has 3 fully saturated rings. The largest absolute Gasteiger partial charge is 0.314 e. The zero-order valence-electron chi connectivity index (χ0n) is 10.5. The molecule has 0 radical (unpaired) electrons. The molecule has 92 valence electrons. The molecule has 1 atom stereocenters. The van der Waals surface area contributed by atoms with Crippen LogP contribution in [0.5, 0.6) is 0 Å². The number of rotatable bonds is 5. The lowest BCUT2D eigenvalue weighted by Crippen LogP contribution is -2.60. The highest BCUT2D eigenvalue weighted by Crippen LogP contribution is 2.31. The van der Waals surface area contributed by atoms with Crippen LogP contribution in [0.1, 0.15) is 32.6 Å². The van der Waals surface area contributed by atoms with Gasteiger partial charge in [-0.15, -0.1) is 0 Å². The summed E-state index contributed by atoms with van der Waals surface area (Å²) < 4.78 is 0. The summed E-state index contributed by atoms with van der Waals surface area (Å²) in [4.78, 5) is 5.53. The van der Waals surface area contributed by atoms with E-state index in [2.05, 4.69) is 22.0 Å².